The molecule has 0 atom stereocenters. The van der Waals surface area contributed by atoms with Crippen LogP contribution in [-0.4, -0.2) is 56.7 Å². The fraction of sp³-hybridized carbons (Fsp3) is 0.455. The lowest BCUT2D eigenvalue weighted by molar-refractivity contribution is 0.0748. The van der Waals surface area contributed by atoms with Gasteiger partial charge in [-0.1, -0.05) is 13.8 Å². The van der Waals surface area contributed by atoms with Gasteiger partial charge in [-0.2, -0.15) is 5.10 Å². The number of nitrogens with zero attached hydrogens (tertiary/aromatic N) is 6. The van der Waals surface area contributed by atoms with E-state index in [4.69, 9.17) is 4.98 Å². The molecule has 1 amide bonds. The zero-order valence-electron chi connectivity index (χ0n) is 17.8. The molecule has 1 saturated heterocycles. The Labute approximate surface area is 185 Å². The summed E-state index contributed by atoms with van der Waals surface area (Å²) in [6.07, 6.45) is 3.59. The van der Waals surface area contributed by atoms with Crippen molar-refractivity contribution in [1.82, 2.24) is 24.6 Å². The Bertz CT molecular complexity index is 1050. The molecule has 4 rings (SSSR count). The monoisotopic (exact) mass is 470 g/mol. The van der Waals surface area contributed by atoms with Crippen molar-refractivity contribution in [2.45, 2.75) is 39.7 Å². The van der Waals surface area contributed by atoms with Gasteiger partial charge in [0.05, 0.1) is 17.1 Å². The van der Waals surface area contributed by atoms with Crippen molar-refractivity contribution in [2.24, 2.45) is 0 Å². The molecule has 0 spiro atoms. The van der Waals surface area contributed by atoms with Crippen LogP contribution in [0, 0.1) is 0 Å². The van der Waals surface area contributed by atoms with E-state index < -0.39 is 0 Å². The van der Waals surface area contributed by atoms with E-state index in [1.165, 1.54) is 0 Å². The number of aromatic nitrogens is 4. The Balaban J connectivity index is 1.59. The molecular formula is C22H27BrN6O. The summed E-state index contributed by atoms with van der Waals surface area (Å²) in [7, 11) is 0. The normalized spacial score (nSPS) is 14.9. The first-order valence-electron chi connectivity index (χ1n) is 10.4. The lowest BCUT2D eigenvalue weighted by Gasteiger charge is -2.35. The summed E-state index contributed by atoms with van der Waals surface area (Å²) in [4.78, 5) is 26.9. The zero-order chi connectivity index (χ0) is 21.4. The highest BCUT2D eigenvalue weighted by Crippen LogP contribution is 2.26. The van der Waals surface area contributed by atoms with Gasteiger partial charge in [0.25, 0.3) is 5.91 Å². The Kier molecular flexibility index (Phi) is 5.77. The summed E-state index contributed by atoms with van der Waals surface area (Å²) in [6, 6.07) is 6.13. The minimum Gasteiger partial charge on any atom is -0.353 e. The smallest absolute Gasteiger partial charge is 0.254 e. The molecule has 0 aromatic carbocycles. The number of carbonyl (C=O) groups is 1. The van der Waals surface area contributed by atoms with Gasteiger partial charge in [-0.15, -0.1) is 0 Å². The van der Waals surface area contributed by atoms with Crippen LogP contribution in [0.25, 0.3) is 11.0 Å². The molecule has 1 aliphatic heterocycles. The maximum Gasteiger partial charge on any atom is 0.254 e. The van der Waals surface area contributed by atoms with Crippen LogP contribution in [0.2, 0.25) is 0 Å². The third-order valence-corrected chi connectivity index (χ3v) is 5.97. The maximum atomic E-state index is 13.5. The number of fused-ring (bicyclic) bond motifs is 1. The fourth-order valence-corrected chi connectivity index (χ4v) is 3.99. The summed E-state index contributed by atoms with van der Waals surface area (Å²) in [5.41, 5.74) is 2.41. The van der Waals surface area contributed by atoms with Crippen molar-refractivity contribution in [1.29, 1.82) is 0 Å². The number of halogens is 1. The lowest BCUT2D eigenvalue weighted by Crippen LogP contribution is -2.49. The van der Waals surface area contributed by atoms with Gasteiger partial charge in [0.1, 0.15) is 5.82 Å². The van der Waals surface area contributed by atoms with Crippen LogP contribution in [0.5, 0.6) is 0 Å². The van der Waals surface area contributed by atoms with Gasteiger partial charge in [-0.25, -0.2) is 14.6 Å². The number of rotatable bonds is 4. The number of piperazine rings is 1. The number of hydrogen-bond donors (Lipinski definition) is 0. The van der Waals surface area contributed by atoms with Gasteiger partial charge in [-0.05, 0) is 53.9 Å². The van der Waals surface area contributed by atoms with E-state index >= 15 is 0 Å². The average Bonchev–Trinajstić information content (AvgIpc) is 3.17. The first kappa shape index (κ1) is 20.8. The molecule has 0 saturated carbocycles. The molecular weight excluding hydrogens is 444 g/mol. The first-order chi connectivity index (χ1) is 14.3. The summed E-state index contributed by atoms with van der Waals surface area (Å²) < 4.78 is 2.86. The van der Waals surface area contributed by atoms with Crippen LogP contribution in [0.1, 0.15) is 55.7 Å². The number of hydrogen-bond acceptors (Lipinski definition) is 5. The van der Waals surface area contributed by atoms with E-state index in [2.05, 4.69) is 58.6 Å². The van der Waals surface area contributed by atoms with Crippen molar-refractivity contribution in [3.05, 3.63) is 46.3 Å². The van der Waals surface area contributed by atoms with E-state index in [1.807, 2.05) is 27.8 Å². The molecule has 7 nitrogen and oxygen atoms in total. The van der Waals surface area contributed by atoms with Gasteiger partial charge in [0.2, 0.25) is 0 Å². The van der Waals surface area contributed by atoms with Crippen molar-refractivity contribution in [2.75, 3.05) is 31.1 Å². The Morgan fingerprint density at radius 2 is 1.80 bits per heavy atom. The Morgan fingerprint density at radius 1 is 1.07 bits per heavy atom. The van der Waals surface area contributed by atoms with Crippen LogP contribution < -0.4 is 4.90 Å². The zero-order valence-corrected chi connectivity index (χ0v) is 19.4. The van der Waals surface area contributed by atoms with Crippen LogP contribution in [0.3, 0.4) is 0 Å². The molecule has 8 heteroatoms. The van der Waals surface area contributed by atoms with E-state index in [1.54, 1.807) is 12.4 Å². The highest BCUT2D eigenvalue weighted by molar-refractivity contribution is 9.10. The lowest BCUT2D eigenvalue weighted by atomic mass is 10.0. The van der Waals surface area contributed by atoms with Crippen LogP contribution in [0.4, 0.5) is 5.82 Å². The summed E-state index contributed by atoms with van der Waals surface area (Å²) in [6.45, 7) is 11.2. The maximum absolute atomic E-state index is 13.5. The molecule has 0 N–H and O–H groups in total. The molecule has 0 radical (unpaired) electrons. The highest BCUT2D eigenvalue weighted by atomic mass is 79.9. The van der Waals surface area contributed by atoms with Crippen molar-refractivity contribution < 1.29 is 4.79 Å². The van der Waals surface area contributed by atoms with Gasteiger partial charge in [0.15, 0.2) is 5.65 Å². The molecule has 0 bridgehead atoms. The predicted molar refractivity (Wildman–Crippen MR) is 122 cm³/mol. The predicted octanol–water partition coefficient (Wildman–Crippen LogP) is 4.26. The molecule has 3 aromatic rings. The Hall–Kier alpha value is -2.48. The summed E-state index contributed by atoms with van der Waals surface area (Å²) >= 11 is 3.42. The van der Waals surface area contributed by atoms with Gasteiger partial charge in [0, 0.05) is 48.6 Å². The Morgan fingerprint density at radius 3 is 2.40 bits per heavy atom. The minimum absolute atomic E-state index is 0.0519. The molecule has 1 aliphatic rings. The summed E-state index contributed by atoms with van der Waals surface area (Å²) in [5.74, 6) is 1.23. The topological polar surface area (TPSA) is 67.2 Å². The molecule has 158 valence electrons. The number of anilines is 1. The molecule has 0 unspecified atom stereocenters. The number of pyridine rings is 2. The quantitative estimate of drug-likeness (QED) is 0.569. The molecule has 0 aliphatic carbocycles. The SMILES string of the molecule is CC(C)c1cc(C(=O)N2CCN(c3ccc(Br)cn3)CC2)c2cnn(C(C)C)c2n1. The second kappa shape index (κ2) is 8.34. The third-order valence-electron chi connectivity index (χ3n) is 5.50. The van der Waals surface area contributed by atoms with Gasteiger partial charge < -0.3 is 9.80 Å². The molecule has 1 fully saturated rings. The highest BCUT2D eigenvalue weighted by Gasteiger charge is 2.26. The fourth-order valence-electron chi connectivity index (χ4n) is 3.75. The molecule has 3 aromatic heterocycles. The van der Waals surface area contributed by atoms with Crippen LogP contribution >= 0.6 is 15.9 Å². The first-order valence-corrected chi connectivity index (χ1v) is 11.2. The van der Waals surface area contributed by atoms with Crippen molar-refractivity contribution >= 4 is 38.7 Å². The van der Waals surface area contributed by atoms with Crippen LogP contribution in [0.15, 0.2) is 35.1 Å². The second-order valence-corrected chi connectivity index (χ2v) is 9.20. The van der Waals surface area contributed by atoms with E-state index in [9.17, 15) is 4.79 Å². The molecule has 4 heterocycles. The van der Waals surface area contributed by atoms with Gasteiger partial charge >= 0.3 is 0 Å². The second-order valence-electron chi connectivity index (χ2n) is 8.28. The van der Waals surface area contributed by atoms with Crippen molar-refractivity contribution in [3.63, 3.8) is 0 Å². The molecule has 30 heavy (non-hydrogen) atoms. The average molecular weight is 471 g/mol. The minimum atomic E-state index is 0.0519. The third kappa shape index (κ3) is 3.93. The standard InChI is InChI=1S/C22H27BrN6O/c1-14(2)19-11-17(18-13-25-29(15(3)4)21(18)26-19)22(30)28-9-7-27(8-10-28)20-6-5-16(23)12-24-20/h5-6,11-15H,7-10H2,1-4H3. The van der Waals surface area contributed by atoms with E-state index in [-0.39, 0.29) is 17.9 Å². The van der Waals surface area contributed by atoms with Crippen molar-refractivity contribution in [3.8, 4) is 0 Å². The number of amides is 1. The largest absolute Gasteiger partial charge is 0.353 e. The van der Waals surface area contributed by atoms with E-state index in [0.717, 1.165) is 40.1 Å². The van der Waals surface area contributed by atoms with Crippen LogP contribution in [-0.2, 0) is 0 Å². The van der Waals surface area contributed by atoms with E-state index in [0.29, 0.717) is 18.7 Å². The number of carbonyl (C=O) groups excluding carboxylic acids is 1. The summed E-state index contributed by atoms with van der Waals surface area (Å²) in [5, 5.41) is 5.33. The van der Waals surface area contributed by atoms with Gasteiger partial charge in [-0.3, -0.25) is 4.79 Å².